The maximum atomic E-state index is 12.4. The van der Waals surface area contributed by atoms with E-state index in [1.54, 1.807) is 10.7 Å². The average molecular weight is 310 g/mol. The Morgan fingerprint density at radius 2 is 2.26 bits per heavy atom. The standard InChI is InChI=1S/C17H18N4O2/c1-12-9-15(20-21(12)14-5-3-2-4-6-14)17(22)19-16(10-18)13-7-8-23-11-13/h2-6,9,13,16H,7-8,11H2,1H3,(H,19,22)/t13-,16-/m1/s1. The van der Waals surface area contributed by atoms with E-state index in [-0.39, 0.29) is 11.8 Å². The van der Waals surface area contributed by atoms with Gasteiger partial charge in [-0.1, -0.05) is 18.2 Å². The molecule has 0 bridgehead atoms. The average Bonchev–Trinajstić information content (AvgIpc) is 3.23. The number of nitriles is 1. The molecular formula is C17H18N4O2. The van der Waals surface area contributed by atoms with E-state index in [4.69, 9.17) is 4.74 Å². The zero-order chi connectivity index (χ0) is 16.2. The number of carbonyl (C=O) groups is 1. The van der Waals surface area contributed by atoms with Gasteiger partial charge < -0.3 is 10.1 Å². The van der Waals surface area contributed by atoms with Crippen LogP contribution in [0, 0.1) is 24.2 Å². The van der Waals surface area contributed by atoms with Gasteiger partial charge in [0.15, 0.2) is 5.69 Å². The monoisotopic (exact) mass is 310 g/mol. The lowest BCUT2D eigenvalue weighted by Crippen LogP contribution is -2.39. The highest BCUT2D eigenvalue weighted by molar-refractivity contribution is 5.92. The molecule has 1 N–H and O–H groups in total. The van der Waals surface area contributed by atoms with Crippen LogP contribution in [0.1, 0.15) is 22.6 Å². The summed E-state index contributed by atoms with van der Waals surface area (Å²) in [6, 6.07) is 12.9. The molecule has 6 nitrogen and oxygen atoms in total. The Morgan fingerprint density at radius 1 is 1.48 bits per heavy atom. The van der Waals surface area contributed by atoms with Gasteiger partial charge in [0, 0.05) is 18.2 Å². The molecule has 0 radical (unpaired) electrons. The second-order valence-electron chi connectivity index (χ2n) is 5.62. The third-order valence-corrected chi connectivity index (χ3v) is 3.98. The van der Waals surface area contributed by atoms with E-state index in [1.165, 1.54) is 0 Å². The number of aromatic nitrogens is 2. The van der Waals surface area contributed by atoms with Crippen molar-refractivity contribution in [1.82, 2.24) is 15.1 Å². The van der Waals surface area contributed by atoms with Crippen molar-refractivity contribution in [2.24, 2.45) is 5.92 Å². The van der Waals surface area contributed by atoms with Crippen LogP contribution in [-0.2, 0) is 4.74 Å². The fourth-order valence-electron chi connectivity index (χ4n) is 2.70. The van der Waals surface area contributed by atoms with Gasteiger partial charge in [-0.2, -0.15) is 10.4 Å². The zero-order valence-electron chi connectivity index (χ0n) is 12.9. The molecule has 2 atom stereocenters. The maximum Gasteiger partial charge on any atom is 0.272 e. The summed E-state index contributed by atoms with van der Waals surface area (Å²) < 4.78 is 7.00. The summed E-state index contributed by atoms with van der Waals surface area (Å²) in [5.41, 5.74) is 2.06. The van der Waals surface area contributed by atoms with Gasteiger partial charge in [-0.15, -0.1) is 0 Å². The molecular weight excluding hydrogens is 292 g/mol. The fraction of sp³-hybridized carbons (Fsp3) is 0.353. The number of amides is 1. The summed E-state index contributed by atoms with van der Waals surface area (Å²) >= 11 is 0. The zero-order valence-corrected chi connectivity index (χ0v) is 12.9. The van der Waals surface area contributed by atoms with Gasteiger partial charge in [0.25, 0.3) is 5.91 Å². The smallest absolute Gasteiger partial charge is 0.272 e. The van der Waals surface area contributed by atoms with Gasteiger partial charge in [-0.05, 0) is 31.5 Å². The summed E-state index contributed by atoms with van der Waals surface area (Å²) in [7, 11) is 0. The SMILES string of the molecule is Cc1cc(C(=O)N[C@H](C#N)[C@@H]2CCOC2)nn1-c1ccccc1. The van der Waals surface area contributed by atoms with Crippen LogP contribution in [0.15, 0.2) is 36.4 Å². The molecule has 1 aliphatic rings. The normalized spacial score (nSPS) is 18.3. The maximum absolute atomic E-state index is 12.4. The Balaban J connectivity index is 1.77. The van der Waals surface area contributed by atoms with E-state index in [0.29, 0.717) is 18.9 Å². The van der Waals surface area contributed by atoms with Crippen molar-refractivity contribution in [1.29, 1.82) is 5.26 Å². The highest BCUT2D eigenvalue weighted by Crippen LogP contribution is 2.17. The molecule has 1 amide bonds. The number of hydrogen-bond acceptors (Lipinski definition) is 4. The van der Waals surface area contributed by atoms with Gasteiger partial charge in [-0.3, -0.25) is 4.79 Å². The van der Waals surface area contributed by atoms with E-state index in [0.717, 1.165) is 17.8 Å². The van der Waals surface area contributed by atoms with E-state index in [1.807, 2.05) is 37.3 Å². The first-order chi connectivity index (χ1) is 11.2. The van der Waals surface area contributed by atoms with Crippen molar-refractivity contribution in [2.75, 3.05) is 13.2 Å². The number of rotatable bonds is 4. The van der Waals surface area contributed by atoms with Gasteiger partial charge in [0.05, 0.1) is 18.4 Å². The molecule has 2 heterocycles. The minimum atomic E-state index is -0.549. The predicted octanol–water partition coefficient (Wildman–Crippen LogP) is 1.84. The van der Waals surface area contributed by atoms with Crippen LogP contribution in [0.25, 0.3) is 5.69 Å². The lowest BCUT2D eigenvalue weighted by atomic mass is 10.0. The number of nitrogens with zero attached hydrogens (tertiary/aromatic N) is 3. The number of ether oxygens (including phenoxy) is 1. The lowest BCUT2D eigenvalue weighted by Gasteiger charge is -2.15. The van der Waals surface area contributed by atoms with Crippen molar-refractivity contribution < 1.29 is 9.53 Å². The summed E-state index contributed by atoms with van der Waals surface area (Å²) in [5.74, 6) is -0.289. The molecule has 2 aromatic rings. The fourth-order valence-corrected chi connectivity index (χ4v) is 2.70. The molecule has 1 aliphatic heterocycles. The Labute approximate surface area is 134 Å². The van der Waals surface area contributed by atoms with Crippen molar-refractivity contribution in [3.05, 3.63) is 47.8 Å². The number of aryl methyl sites for hydroxylation is 1. The third kappa shape index (κ3) is 3.25. The lowest BCUT2D eigenvalue weighted by molar-refractivity contribution is 0.0925. The third-order valence-electron chi connectivity index (χ3n) is 3.98. The minimum absolute atomic E-state index is 0.0428. The summed E-state index contributed by atoms with van der Waals surface area (Å²) in [6.45, 7) is 3.04. The molecule has 1 saturated heterocycles. The number of hydrogen-bond donors (Lipinski definition) is 1. The first kappa shape index (κ1) is 15.3. The van der Waals surface area contributed by atoms with Gasteiger partial charge in [-0.25, -0.2) is 4.68 Å². The van der Waals surface area contributed by atoms with Crippen LogP contribution < -0.4 is 5.32 Å². The second kappa shape index (κ2) is 6.63. The van der Waals surface area contributed by atoms with Crippen molar-refractivity contribution in [3.63, 3.8) is 0 Å². The summed E-state index contributed by atoms with van der Waals surface area (Å²) in [5, 5.41) is 16.4. The summed E-state index contributed by atoms with van der Waals surface area (Å²) in [6.07, 6.45) is 0.788. The van der Waals surface area contributed by atoms with E-state index in [9.17, 15) is 10.1 Å². The first-order valence-corrected chi connectivity index (χ1v) is 7.59. The van der Waals surface area contributed by atoms with E-state index >= 15 is 0 Å². The molecule has 3 rings (SSSR count). The Morgan fingerprint density at radius 3 is 2.91 bits per heavy atom. The number of carbonyl (C=O) groups excluding carboxylic acids is 1. The van der Waals surface area contributed by atoms with Crippen LogP contribution in [0.2, 0.25) is 0 Å². The number of nitrogens with one attached hydrogen (secondary N) is 1. The topological polar surface area (TPSA) is 79.9 Å². The van der Waals surface area contributed by atoms with Crippen LogP contribution in [0.4, 0.5) is 0 Å². The molecule has 118 valence electrons. The second-order valence-corrected chi connectivity index (χ2v) is 5.62. The van der Waals surface area contributed by atoms with Crippen molar-refractivity contribution in [3.8, 4) is 11.8 Å². The highest BCUT2D eigenvalue weighted by atomic mass is 16.5. The van der Waals surface area contributed by atoms with Crippen LogP contribution in [0.5, 0.6) is 0 Å². The largest absolute Gasteiger partial charge is 0.381 e. The van der Waals surface area contributed by atoms with Crippen LogP contribution in [-0.4, -0.2) is 34.9 Å². The van der Waals surface area contributed by atoms with Gasteiger partial charge in [0.2, 0.25) is 0 Å². The molecule has 1 aromatic carbocycles. The first-order valence-electron chi connectivity index (χ1n) is 7.59. The molecule has 0 saturated carbocycles. The molecule has 0 aliphatic carbocycles. The Kier molecular flexibility index (Phi) is 4.40. The van der Waals surface area contributed by atoms with E-state index < -0.39 is 6.04 Å². The van der Waals surface area contributed by atoms with Crippen molar-refractivity contribution >= 4 is 5.91 Å². The number of para-hydroxylation sites is 1. The van der Waals surface area contributed by atoms with Gasteiger partial charge >= 0.3 is 0 Å². The Bertz CT molecular complexity index is 727. The molecule has 0 spiro atoms. The Hall–Kier alpha value is -2.65. The van der Waals surface area contributed by atoms with E-state index in [2.05, 4.69) is 16.5 Å². The van der Waals surface area contributed by atoms with Crippen LogP contribution in [0.3, 0.4) is 0 Å². The quantitative estimate of drug-likeness (QED) is 0.934. The molecule has 23 heavy (non-hydrogen) atoms. The van der Waals surface area contributed by atoms with Crippen molar-refractivity contribution in [2.45, 2.75) is 19.4 Å². The molecule has 6 heteroatoms. The highest BCUT2D eigenvalue weighted by Gasteiger charge is 2.28. The minimum Gasteiger partial charge on any atom is -0.381 e. The molecule has 1 aromatic heterocycles. The number of benzene rings is 1. The predicted molar refractivity (Wildman–Crippen MR) is 84.1 cm³/mol. The van der Waals surface area contributed by atoms with Crippen LogP contribution >= 0.6 is 0 Å². The molecule has 0 unspecified atom stereocenters. The van der Waals surface area contributed by atoms with Gasteiger partial charge in [0.1, 0.15) is 6.04 Å². The molecule has 1 fully saturated rings. The summed E-state index contributed by atoms with van der Waals surface area (Å²) in [4.78, 5) is 12.4.